The van der Waals surface area contributed by atoms with Crippen LogP contribution in [0.4, 0.5) is 10.5 Å². The van der Waals surface area contributed by atoms with Gasteiger partial charge in [0.1, 0.15) is 5.00 Å². The molecule has 2 amide bonds. The number of hydrogen-bond donors (Lipinski definition) is 2. The van der Waals surface area contributed by atoms with E-state index in [-0.39, 0.29) is 5.97 Å². The summed E-state index contributed by atoms with van der Waals surface area (Å²) in [6.07, 6.45) is 5.76. The van der Waals surface area contributed by atoms with Crippen molar-refractivity contribution in [3.05, 3.63) is 67.3 Å². The van der Waals surface area contributed by atoms with Crippen LogP contribution in [0.2, 0.25) is 0 Å². The molecule has 35 heavy (non-hydrogen) atoms. The molecule has 0 radical (unpaired) electrons. The van der Waals surface area contributed by atoms with Gasteiger partial charge in [-0.25, -0.2) is 15.0 Å². The molecule has 0 atom stereocenters. The lowest BCUT2D eigenvalue weighted by Crippen LogP contribution is -2.24. The Labute approximate surface area is 217 Å². The molecule has 2 N–H and O–H groups in total. The van der Waals surface area contributed by atoms with E-state index in [9.17, 15) is 9.59 Å². The molecule has 1 aliphatic carbocycles. The molecular formula is C26H29BrN4O3S. The number of carbonyl (C=O) groups excluding carboxylic acids is 2. The fourth-order valence-electron chi connectivity index (χ4n) is 4.40. The molecule has 0 saturated heterocycles. The van der Waals surface area contributed by atoms with Crippen molar-refractivity contribution in [3.8, 4) is 5.00 Å². The minimum absolute atomic E-state index is 0.258. The summed E-state index contributed by atoms with van der Waals surface area (Å²) in [6.45, 7) is 8.13. The third kappa shape index (κ3) is 5.36. The number of thiophene rings is 1. The first-order chi connectivity index (χ1) is 16.8. The summed E-state index contributed by atoms with van der Waals surface area (Å²) in [7, 11) is 0. The third-order valence-corrected chi connectivity index (χ3v) is 8.26. The van der Waals surface area contributed by atoms with Crippen LogP contribution < -0.4 is 10.7 Å². The highest BCUT2D eigenvalue weighted by Gasteiger charge is 2.28. The zero-order chi connectivity index (χ0) is 25.1. The number of aromatic nitrogens is 1. The van der Waals surface area contributed by atoms with Crippen LogP contribution in [0.15, 0.2) is 33.8 Å². The predicted molar refractivity (Wildman–Crippen MR) is 144 cm³/mol. The van der Waals surface area contributed by atoms with Gasteiger partial charge in [0.15, 0.2) is 0 Å². The van der Waals surface area contributed by atoms with Crippen LogP contribution in [0.1, 0.15) is 63.1 Å². The third-order valence-electron chi connectivity index (χ3n) is 6.09. The highest BCUT2D eigenvalue weighted by molar-refractivity contribution is 9.10. The van der Waals surface area contributed by atoms with E-state index in [2.05, 4.69) is 36.3 Å². The van der Waals surface area contributed by atoms with E-state index in [1.807, 2.05) is 52.0 Å². The molecule has 7 nitrogen and oxygen atoms in total. The summed E-state index contributed by atoms with van der Waals surface area (Å²) in [6, 6.07) is 7.16. The van der Waals surface area contributed by atoms with Crippen LogP contribution in [0.25, 0.3) is 5.00 Å². The standard InChI is InChI=1S/C26H29BrN4O3S/c1-5-34-25(32)23-20-8-6-7-9-22(20)35-24(23)31-16(3)13-18(17(31)4)14-28-30-26(33)29-19-10-11-21(27)15(2)12-19/h10-14H,5-9H2,1-4H3,(H2,29,30,33)/b28-14+. The van der Waals surface area contributed by atoms with Crippen molar-refractivity contribution in [2.75, 3.05) is 11.9 Å². The second kappa shape index (κ2) is 10.8. The molecule has 0 aliphatic heterocycles. The van der Waals surface area contributed by atoms with Crippen molar-refractivity contribution in [1.82, 2.24) is 9.99 Å². The molecule has 0 bridgehead atoms. The average molecular weight is 558 g/mol. The number of esters is 1. The van der Waals surface area contributed by atoms with Gasteiger partial charge in [-0.15, -0.1) is 11.3 Å². The molecule has 3 aromatic rings. The molecule has 0 fully saturated rings. The van der Waals surface area contributed by atoms with Crippen molar-refractivity contribution in [1.29, 1.82) is 0 Å². The van der Waals surface area contributed by atoms with Gasteiger partial charge in [0, 0.05) is 32.0 Å². The zero-order valence-electron chi connectivity index (χ0n) is 20.3. The van der Waals surface area contributed by atoms with Crippen LogP contribution in [-0.4, -0.2) is 29.4 Å². The van der Waals surface area contributed by atoms with Crippen molar-refractivity contribution in [3.63, 3.8) is 0 Å². The van der Waals surface area contributed by atoms with Crippen molar-refractivity contribution in [2.45, 2.75) is 53.4 Å². The molecule has 184 valence electrons. The summed E-state index contributed by atoms with van der Waals surface area (Å²) >= 11 is 5.13. The Morgan fingerprint density at radius 2 is 1.97 bits per heavy atom. The summed E-state index contributed by atoms with van der Waals surface area (Å²) in [4.78, 5) is 26.5. The van der Waals surface area contributed by atoms with Crippen LogP contribution in [0, 0.1) is 20.8 Å². The summed E-state index contributed by atoms with van der Waals surface area (Å²) in [5, 5.41) is 7.82. The molecule has 2 heterocycles. The van der Waals surface area contributed by atoms with Gasteiger partial charge in [0.25, 0.3) is 0 Å². The molecule has 0 unspecified atom stereocenters. The maximum Gasteiger partial charge on any atom is 0.341 e. The van der Waals surface area contributed by atoms with Gasteiger partial charge in [-0.05, 0) is 88.8 Å². The van der Waals surface area contributed by atoms with Crippen molar-refractivity contribution < 1.29 is 14.3 Å². The summed E-state index contributed by atoms with van der Waals surface area (Å²) in [5.41, 5.74) is 8.86. The van der Waals surface area contributed by atoms with Gasteiger partial charge >= 0.3 is 12.0 Å². The van der Waals surface area contributed by atoms with Crippen molar-refractivity contribution in [2.24, 2.45) is 5.10 Å². The van der Waals surface area contributed by atoms with E-state index in [0.29, 0.717) is 17.9 Å². The van der Waals surface area contributed by atoms with Gasteiger partial charge in [-0.2, -0.15) is 5.10 Å². The molecule has 4 rings (SSSR count). The topological polar surface area (TPSA) is 84.7 Å². The number of benzene rings is 1. The van der Waals surface area contributed by atoms with Gasteiger partial charge in [0.05, 0.1) is 18.4 Å². The Kier molecular flexibility index (Phi) is 7.76. The fourth-order valence-corrected chi connectivity index (χ4v) is 6.13. The quantitative estimate of drug-likeness (QED) is 0.208. The number of carbonyl (C=O) groups is 2. The van der Waals surface area contributed by atoms with E-state index in [1.165, 1.54) is 4.88 Å². The first kappa shape index (κ1) is 25.2. The number of ether oxygens (including phenoxy) is 1. The number of halogens is 1. The smallest absolute Gasteiger partial charge is 0.341 e. The van der Waals surface area contributed by atoms with Gasteiger partial charge < -0.3 is 14.6 Å². The Morgan fingerprint density at radius 1 is 1.20 bits per heavy atom. The van der Waals surface area contributed by atoms with E-state index in [4.69, 9.17) is 4.74 Å². The molecule has 0 spiro atoms. The largest absolute Gasteiger partial charge is 0.462 e. The maximum absolute atomic E-state index is 12.9. The van der Waals surface area contributed by atoms with Crippen LogP contribution in [0.3, 0.4) is 0 Å². The van der Waals surface area contributed by atoms with Gasteiger partial charge in [-0.3, -0.25) is 0 Å². The molecule has 1 aromatic carbocycles. The molecule has 0 saturated carbocycles. The van der Waals surface area contributed by atoms with E-state index < -0.39 is 6.03 Å². The van der Waals surface area contributed by atoms with Crippen LogP contribution >= 0.6 is 27.3 Å². The SMILES string of the molecule is CCOC(=O)c1c(-n2c(C)cc(/C=N/NC(=O)Nc3ccc(Br)c(C)c3)c2C)sc2c1CCCC2. The number of rotatable bonds is 6. The molecule has 1 aliphatic rings. The number of amides is 2. The Hall–Kier alpha value is -2.91. The number of urea groups is 1. The summed E-state index contributed by atoms with van der Waals surface area (Å²) < 4.78 is 8.51. The molecule has 9 heteroatoms. The first-order valence-corrected chi connectivity index (χ1v) is 13.3. The second-order valence-electron chi connectivity index (χ2n) is 8.56. The Bertz CT molecular complexity index is 1310. The van der Waals surface area contributed by atoms with Crippen molar-refractivity contribution >= 4 is 51.2 Å². The predicted octanol–water partition coefficient (Wildman–Crippen LogP) is 6.44. The van der Waals surface area contributed by atoms with E-state index in [1.54, 1.807) is 17.6 Å². The Balaban J connectivity index is 1.56. The van der Waals surface area contributed by atoms with Gasteiger partial charge in [0.2, 0.25) is 0 Å². The Morgan fingerprint density at radius 3 is 2.71 bits per heavy atom. The number of nitrogens with zero attached hydrogens (tertiary/aromatic N) is 2. The number of hydrogen-bond acceptors (Lipinski definition) is 5. The normalized spacial score (nSPS) is 13.1. The minimum atomic E-state index is -0.424. The first-order valence-electron chi connectivity index (χ1n) is 11.7. The number of aryl methyl sites for hydroxylation is 3. The number of fused-ring (bicyclic) bond motifs is 1. The fraction of sp³-hybridized carbons (Fsp3) is 0.346. The highest BCUT2D eigenvalue weighted by atomic mass is 79.9. The van der Waals surface area contributed by atoms with Crippen LogP contribution in [0.5, 0.6) is 0 Å². The lowest BCUT2D eigenvalue weighted by Gasteiger charge is -2.13. The number of nitrogens with one attached hydrogen (secondary N) is 2. The maximum atomic E-state index is 12.9. The number of anilines is 1. The van der Waals surface area contributed by atoms with Crippen LogP contribution in [-0.2, 0) is 17.6 Å². The summed E-state index contributed by atoms with van der Waals surface area (Å²) in [5.74, 6) is -0.258. The van der Waals surface area contributed by atoms with E-state index in [0.717, 1.165) is 63.2 Å². The molecule has 2 aromatic heterocycles. The monoisotopic (exact) mass is 556 g/mol. The average Bonchev–Trinajstić information content (AvgIpc) is 3.32. The lowest BCUT2D eigenvalue weighted by molar-refractivity contribution is 0.0525. The van der Waals surface area contributed by atoms with E-state index >= 15 is 0 Å². The minimum Gasteiger partial charge on any atom is -0.462 e. The lowest BCUT2D eigenvalue weighted by atomic mass is 9.95. The molecular weight excluding hydrogens is 528 g/mol. The number of hydrazone groups is 1. The second-order valence-corrected chi connectivity index (χ2v) is 10.5. The zero-order valence-corrected chi connectivity index (χ0v) is 22.7. The highest BCUT2D eigenvalue weighted by Crippen LogP contribution is 2.39. The van der Waals surface area contributed by atoms with Gasteiger partial charge in [-0.1, -0.05) is 15.9 Å².